The van der Waals surface area contributed by atoms with Crippen molar-refractivity contribution in [1.29, 1.82) is 0 Å². The molecule has 0 saturated carbocycles. The highest BCUT2D eigenvalue weighted by Crippen LogP contribution is 2.22. The molecule has 7 heteroatoms. The number of hydrazone groups is 1. The van der Waals surface area contributed by atoms with Gasteiger partial charge in [-0.05, 0) is 42.8 Å². The van der Waals surface area contributed by atoms with Crippen LogP contribution in [0.25, 0.3) is 0 Å². The van der Waals surface area contributed by atoms with Crippen molar-refractivity contribution in [2.45, 2.75) is 19.8 Å². The van der Waals surface area contributed by atoms with Gasteiger partial charge in [0, 0.05) is 31.1 Å². The Morgan fingerprint density at radius 2 is 1.81 bits per heavy atom. The van der Waals surface area contributed by atoms with Crippen LogP contribution in [0.15, 0.2) is 53.6 Å². The van der Waals surface area contributed by atoms with E-state index in [1.165, 1.54) is 5.01 Å². The lowest BCUT2D eigenvalue weighted by Gasteiger charge is -2.23. The average Bonchev–Trinajstić information content (AvgIpc) is 2.67. The fraction of sp³-hybridized carbons (Fsp3) is 0.200. The van der Waals surface area contributed by atoms with Crippen LogP contribution in [0.5, 0.6) is 0 Å². The molecule has 27 heavy (non-hydrogen) atoms. The van der Waals surface area contributed by atoms with Crippen molar-refractivity contribution in [3.63, 3.8) is 0 Å². The molecule has 0 unspecified atom stereocenters. The molecule has 0 saturated heterocycles. The van der Waals surface area contributed by atoms with Crippen molar-refractivity contribution in [3.8, 4) is 0 Å². The molecule has 7 nitrogen and oxygen atoms in total. The molecule has 3 amide bonds. The third-order valence-corrected chi connectivity index (χ3v) is 4.15. The molecule has 0 spiro atoms. The molecule has 0 aromatic heterocycles. The molecule has 138 valence electrons. The van der Waals surface area contributed by atoms with Crippen LogP contribution in [0.4, 0.5) is 11.4 Å². The van der Waals surface area contributed by atoms with Gasteiger partial charge in [-0.3, -0.25) is 14.4 Å². The molecular formula is C20H20N4O3. The van der Waals surface area contributed by atoms with Gasteiger partial charge in [0.1, 0.15) is 5.71 Å². The van der Waals surface area contributed by atoms with Crippen LogP contribution in [-0.2, 0) is 9.59 Å². The first-order valence-electron chi connectivity index (χ1n) is 8.58. The van der Waals surface area contributed by atoms with E-state index in [-0.39, 0.29) is 30.4 Å². The summed E-state index contributed by atoms with van der Waals surface area (Å²) in [5.41, 5.74) is 2.83. The topological polar surface area (TPSA) is 90.9 Å². The van der Waals surface area contributed by atoms with E-state index in [0.29, 0.717) is 16.9 Å². The predicted octanol–water partition coefficient (Wildman–Crippen LogP) is 2.48. The Morgan fingerprint density at radius 1 is 1.04 bits per heavy atom. The number of hydrogen-bond donors (Lipinski definition) is 2. The van der Waals surface area contributed by atoms with Crippen LogP contribution in [0.3, 0.4) is 0 Å². The third kappa shape index (κ3) is 4.20. The summed E-state index contributed by atoms with van der Waals surface area (Å²) in [6, 6.07) is 14.0. The van der Waals surface area contributed by atoms with E-state index in [1.54, 1.807) is 37.4 Å². The molecule has 0 bridgehead atoms. The Morgan fingerprint density at radius 3 is 2.56 bits per heavy atom. The first-order chi connectivity index (χ1) is 13.0. The van der Waals surface area contributed by atoms with E-state index in [2.05, 4.69) is 15.7 Å². The van der Waals surface area contributed by atoms with Gasteiger partial charge >= 0.3 is 0 Å². The number of rotatable bonds is 4. The molecule has 2 aromatic carbocycles. The number of anilines is 2. The minimum Gasteiger partial charge on any atom is -0.355 e. The summed E-state index contributed by atoms with van der Waals surface area (Å²) < 4.78 is 0. The predicted molar refractivity (Wildman–Crippen MR) is 104 cm³/mol. The number of nitrogens with one attached hydrogen (secondary N) is 2. The summed E-state index contributed by atoms with van der Waals surface area (Å²) in [6.45, 7) is 1.93. The fourth-order valence-corrected chi connectivity index (χ4v) is 2.76. The maximum Gasteiger partial charge on any atom is 0.271 e. The average molecular weight is 364 g/mol. The van der Waals surface area contributed by atoms with Gasteiger partial charge in [0.05, 0.1) is 5.69 Å². The van der Waals surface area contributed by atoms with E-state index >= 15 is 0 Å². The minimum absolute atomic E-state index is 0.154. The fourth-order valence-electron chi connectivity index (χ4n) is 2.76. The van der Waals surface area contributed by atoms with Crippen LogP contribution < -0.4 is 15.6 Å². The molecule has 2 N–H and O–H groups in total. The second kappa shape index (κ2) is 7.82. The second-order valence-electron chi connectivity index (χ2n) is 6.21. The lowest BCUT2D eigenvalue weighted by molar-refractivity contribution is -0.118. The van der Waals surface area contributed by atoms with Gasteiger partial charge in [-0.15, -0.1) is 0 Å². The summed E-state index contributed by atoms with van der Waals surface area (Å²) in [6.07, 6.45) is 0.473. The van der Waals surface area contributed by atoms with Gasteiger partial charge in [-0.25, -0.2) is 5.01 Å². The maximum absolute atomic E-state index is 12.6. The molecule has 1 heterocycles. The Bertz CT molecular complexity index is 936. The van der Waals surface area contributed by atoms with Gasteiger partial charge in [-0.2, -0.15) is 5.10 Å². The zero-order valence-corrected chi connectivity index (χ0v) is 15.2. The van der Waals surface area contributed by atoms with E-state index in [0.717, 1.165) is 5.56 Å². The first kappa shape index (κ1) is 18.3. The zero-order chi connectivity index (χ0) is 19.4. The number of benzene rings is 2. The van der Waals surface area contributed by atoms with E-state index < -0.39 is 5.91 Å². The highest BCUT2D eigenvalue weighted by molar-refractivity contribution is 6.44. The van der Waals surface area contributed by atoms with E-state index in [9.17, 15) is 14.4 Å². The lowest BCUT2D eigenvalue weighted by atomic mass is 10.1. The first-order valence-corrected chi connectivity index (χ1v) is 8.58. The molecule has 0 aliphatic carbocycles. The smallest absolute Gasteiger partial charge is 0.271 e. The monoisotopic (exact) mass is 364 g/mol. The summed E-state index contributed by atoms with van der Waals surface area (Å²) in [7, 11) is 1.54. The van der Waals surface area contributed by atoms with Crippen LogP contribution in [0.1, 0.15) is 28.8 Å². The summed E-state index contributed by atoms with van der Waals surface area (Å²) >= 11 is 0. The molecule has 0 fully saturated rings. The lowest BCUT2D eigenvalue weighted by Crippen LogP contribution is -2.36. The Balaban J connectivity index is 1.81. The molecule has 2 aromatic rings. The SMILES string of the molecule is CNC(=O)c1cccc(NC(=O)C2=NN(c3cccc(C)c3)C(=O)CC2)c1. The van der Waals surface area contributed by atoms with Crippen molar-refractivity contribution in [2.75, 3.05) is 17.4 Å². The molecule has 3 rings (SSSR count). The Hall–Kier alpha value is -3.48. The number of nitrogens with zero attached hydrogens (tertiary/aromatic N) is 2. The van der Waals surface area contributed by atoms with E-state index in [1.807, 2.05) is 25.1 Å². The molecular weight excluding hydrogens is 344 g/mol. The standard InChI is InChI=1S/C20H20N4O3/c1-13-5-3-8-16(11-13)24-18(25)10-9-17(23-24)20(27)22-15-7-4-6-14(12-15)19(26)21-2/h3-8,11-12H,9-10H2,1-2H3,(H,21,26)(H,22,27). The van der Waals surface area contributed by atoms with Gasteiger partial charge in [0.15, 0.2) is 0 Å². The van der Waals surface area contributed by atoms with Gasteiger partial charge in [0.25, 0.3) is 11.8 Å². The van der Waals surface area contributed by atoms with Crippen molar-refractivity contribution < 1.29 is 14.4 Å². The van der Waals surface area contributed by atoms with Crippen LogP contribution in [-0.4, -0.2) is 30.5 Å². The van der Waals surface area contributed by atoms with Crippen LogP contribution in [0.2, 0.25) is 0 Å². The maximum atomic E-state index is 12.6. The van der Waals surface area contributed by atoms with Gasteiger partial charge in [-0.1, -0.05) is 18.2 Å². The zero-order valence-electron chi connectivity index (χ0n) is 15.2. The van der Waals surface area contributed by atoms with Crippen LogP contribution in [0, 0.1) is 6.92 Å². The summed E-state index contributed by atoms with van der Waals surface area (Å²) in [5, 5.41) is 10.8. The molecule has 0 radical (unpaired) electrons. The van der Waals surface area contributed by atoms with Gasteiger partial charge in [0.2, 0.25) is 5.91 Å². The number of amides is 3. The second-order valence-corrected chi connectivity index (χ2v) is 6.21. The minimum atomic E-state index is -0.394. The largest absolute Gasteiger partial charge is 0.355 e. The highest BCUT2D eigenvalue weighted by atomic mass is 16.2. The van der Waals surface area contributed by atoms with Crippen molar-refractivity contribution >= 4 is 34.8 Å². The number of aryl methyl sites for hydroxylation is 1. The number of carbonyl (C=O) groups excluding carboxylic acids is 3. The van der Waals surface area contributed by atoms with Gasteiger partial charge < -0.3 is 10.6 Å². The highest BCUT2D eigenvalue weighted by Gasteiger charge is 2.25. The van der Waals surface area contributed by atoms with Crippen molar-refractivity contribution in [2.24, 2.45) is 5.10 Å². The van der Waals surface area contributed by atoms with Crippen molar-refractivity contribution in [1.82, 2.24) is 5.32 Å². The summed E-state index contributed by atoms with van der Waals surface area (Å²) in [5.74, 6) is -0.787. The van der Waals surface area contributed by atoms with Crippen LogP contribution >= 0.6 is 0 Å². The number of hydrogen-bond acceptors (Lipinski definition) is 4. The molecule has 1 aliphatic heterocycles. The normalized spacial score (nSPS) is 13.8. The molecule has 0 atom stereocenters. The van der Waals surface area contributed by atoms with Crippen molar-refractivity contribution in [3.05, 3.63) is 59.7 Å². The quantitative estimate of drug-likeness (QED) is 0.873. The third-order valence-electron chi connectivity index (χ3n) is 4.15. The van der Waals surface area contributed by atoms with E-state index in [4.69, 9.17) is 0 Å². The Labute approximate surface area is 157 Å². The molecule has 1 aliphatic rings. The number of carbonyl (C=O) groups is 3. The Kier molecular flexibility index (Phi) is 5.30. The summed E-state index contributed by atoms with van der Waals surface area (Å²) in [4.78, 5) is 36.5.